The summed E-state index contributed by atoms with van der Waals surface area (Å²) in [6.45, 7) is 10.8. The topological polar surface area (TPSA) is 51.5 Å². The molecule has 1 heterocycles. The number of ether oxygens (including phenoxy) is 1. The van der Waals surface area contributed by atoms with E-state index in [0.717, 1.165) is 5.76 Å². The lowest BCUT2D eigenvalue weighted by molar-refractivity contribution is 0.0994. The zero-order valence-electron chi connectivity index (χ0n) is 17.4. The SMILES string of the molecule is COc1ccccc1NC(=O)c1ccc(Cc2c(C)c(C)c(C)c(C)c2C)o1. The number of carbonyl (C=O) groups is 1. The molecule has 146 valence electrons. The predicted octanol–water partition coefficient (Wildman–Crippen LogP) is 5.67. The molecule has 3 aromatic rings. The first-order chi connectivity index (χ1) is 13.3. The van der Waals surface area contributed by atoms with E-state index in [0.29, 0.717) is 17.9 Å². The third-order valence-corrected chi connectivity index (χ3v) is 5.75. The summed E-state index contributed by atoms with van der Waals surface area (Å²) < 4.78 is 11.1. The van der Waals surface area contributed by atoms with Gasteiger partial charge in [-0.1, -0.05) is 12.1 Å². The van der Waals surface area contributed by atoms with Gasteiger partial charge < -0.3 is 14.5 Å². The molecule has 4 heteroatoms. The second-order valence-electron chi connectivity index (χ2n) is 7.20. The van der Waals surface area contributed by atoms with Crippen LogP contribution in [0.3, 0.4) is 0 Å². The number of para-hydroxylation sites is 2. The van der Waals surface area contributed by atoms with Gasteiger partial charge in [0.05, 0.1) is 12.8 Å². The van der Waals surface area contributed by atoms with E-state index in [4.69, 9.17) is 9.15 Å². The van der Waals surface area contributed by atoms with Crippen LogP contribution in [0.5, 0.6) is 5.75 Å². The Morgan fingerprint density at radius 3 is 2.14 bits per heavy atom. The van der Waals surface area contributed by atoms with E-state index < -0.39 is 0 Å². The Bertz CT molecular complexity index is 1000. The van der Waals surface area contributed by atoms with Crippen molar-refractivity contribution in [1.82, 2.24) is 0 Å². The van der Waals surface area contributed by atoms with Crippen LogP contribution in [0.2, 0.25) is 0 Å². The summed E-state index contributed by atoms with van der Waals surface area (Å²) in [4.78, 5) is 12.6. The molecular weight excluding hydrogens is 350 g/mol. The van der Waals surface area contributed by atoms with Gasteiger partial charge in [-0.3, -0.25) is 4.79 Å². The van der Waals surface area contributed by atoms with Crippen LogP contribution < -0.4 is 10.1 Å². The third-order valence-electron chi connectivity index (χ3n) is 5.75. The summed E-state index contributed by atoms with van der Waals surface area (Å²) >= 11 is 0. The first-order valence-electron chi connectivity index (χ1n) is 9.42. The number of hydrogen-bond acceptors (Lipinski definition) is 3. The normalized spacial score (nSPS) is 10.8. The van der Waals surface area contributed by atoms with Crippen LogP contribution in [0.25, 0.3) is 0 Å². The lowest BCUT2D eigenvalue weighted by Crippen LogP contribution is -2.11. The van der Waals surface area contributed by atoms with Gasteiger partial charge in [-0.2, -0.15) is 0 Å². The molecule has 1 N–H and O–H groups in total. The number of anilines is 1. The van der Waals surface area contributed by atoms with E-state index >= 15 is 0 Å². The third kappa shape index (κ3) is 3.68. The highest BCUT2D eigenvalue weighted by atomic mass is 16.5. The van der Waals surface area contributed by atoms with Gasteiger partial charge in [0.2, 0.25) is 0 Å². The summed E-state index contributed by atoms with van der Waals surface area (Å²) in [5, 5.41) is 2.85. The number of carbonyl (C=O) groups excluding carboxylic acids is 1. The number of rotatable bonds is 5. The smallest absolute Gasteiger partial charge is 0.291 e. The summed E-state index contributed by atoms with van der Waals surface area (Å²) in [6.07, 6.45) is 0.668. The second kappa shape index (κ2) is 7.93. The Kier molecular flexibility index (Phi) is 5.59. The zero-order valence-corrected chi connectivity index (χ0v) is 17.4. The predicted molar refractivity (Wildman–Crippen MR) is 113 cm³/mol. The molecule has 0 aliphatic heterocycles. The molecule has 0 saturated carbocycles. The molecule has 0 aliphatic carbocycles. The molecular formula is C24H27NO3. The van der Waals surface area contributed by atoms with Crippen LogP contribution in [0.15, 0.2) is 40.8 Å². The fourth-order valence-corrected chi connectivity index (χ4v) is 3.54. The van der Waals surface area contributed by atoms with Gasteiger partial charge in [-0.15, -0.1) is 0 Å². The Hall–Kier alpha value is -3.01. The fraction of sp³-hybridized carbons (Fsp3) is 0.292. The fourth-order valence-electron chi connectivity index (χ4n) is 3.54. The molecule has 28 heavy (non-hydrogen) atoms. The molecule has 1 amide bonds. The van der Waals surface area contributed by atoms with E-state index in [1.165, 1.54) is 33.4 Å². The van der Waals surface area contributed by atoms with Gasteiger partial charge in [-0.25, -0.2) is 0 Å². The van der Waals surface area contributed by atoms with Crippen molar-refractivity contribution >= 4 is 11.6 Å². The minimum Gasteiger partial charge on any atom is -0.495 e. The number of amides is 1. The number of hydrogen-bond donors (Lipinski definition) is 1. The molecule has 0 spiro atoms. The monoisotopic (exact) mass is 377 g/mol. The minimum absolute atomic E-state index is 0.289. The average Bonchev–Trinajstić information content (AvgIpc) is 3.17. The van der Waals surface area contributed by atoms with Crippen LogP contribution in [0.4, 0.5) is 5.69 Å². The number of furan rings is 1. The van der Waals surface area contributed by atoms with Crippen molar-refractivity contribution in [2.75, 3.05) is 12.4 Å². The Balaban J connectivity index is 1.83. The van der Waals surface area contributed by atoms with Crippen LogP contribution in [0.1, 0.15) is 49.7 Å². The van der Waals surface area contributed by atoms with Crippen LogP contribution in [-0.2, 0) is 6.42 Å². The number of methoxy groups -OCH3 is 1. The molecule has 0 radical (unpaired) electrons. The molecule has 1 aromatic heterocycles. The van der Waals surface area contributed by atoms with Crippen molar-refractivity contribution in [3.63, 3.8) is 0 Å². The van der Waals surface area contributed by atoms with Crippen molar-refractivity contribution in [3.8, 4) is 5.75 Å². The van der Waals surface area contributed by atoms with Crippen molar-refractivity contribution in [3.05, 3.63) is 81.3 Å². The lowest BCUT2D eigenvalue weighted by Gasteiger charge is -2.18. The molecule has 0 fully saturated rings. The Morgan fingerprint density at radius 1 is 0.893 bits per heavy atom. The highest BCUT2D eigenvalue weighted by Crippen LogP contribution is 2.29. The Labute approximate surface area is 166 Å². The van der Waals surface area contributed by atoms with Gasteiger partial charge >= 0.3 is 0 Å². The maximum atomic E-state index is 12.6. The lowest BCUT2D eigenvalue weighted by atomic mass is 9.88. The van der Waals surface area contributed by atoms with E-state index in [-0.39, 0.29) is 11.7 Å². The van der Waals surface area contributed by atoms with Crippen molar-refractivity contribution in [2.24, 2.45) is 0 Å². The van der Waals surface area contributed by atoms with Gasteiger partial charge in [0.1, 0.15) is 11.5 Å². The maximum Gasteiger partial charge on any atom is 0.291 e. The summed E-state index contributed by atoms with van der Waals surface area (Å²) in [5.41, 5.74) is 8.44. The molecule has 3 rings (SSSR count). The van der Waals surface area contributed by atoms with E-state index in [2.05, 4.69) is 39.9 Å². The van der Waals surface area contributed by atoms with E-state index in [9.17, 15) is 4.79 Å². The molecule has 4 nitrogen and oxygen atoms in total. The van der Waals surface area contributed by atoms with Gasteiger partial charge in [0.15, 0.2) is 5.76 Å². The highest BCUT2D eigenvalue weighted by Gasteiger charge is 2.17. The van der Waals surface area contributed by atoms with Crippen molar-refractivity contribution < 1.29 is 13.9 Å². The minimum atomic E-state index is -0.291. The van der Waals surface area contributed by atoms with E-state index in [1.54, 1.807) is 25.3 Å². The summed E-state index contributed by atoms with van der Waals surface area (Å²) in [7, 11) is 1.58. The van der Waals surface area contributed by atoms with Crippen molar-refractivity contribution in [2.45, 2.75) is 41.0 Å². The van der Waals surface area contributed by atoms with Crippen molar-refractivity contribution in [1.29, 1.82) is 0 Å². The zero-order chi connectivity index (χ0) is 20.4. The summed E-state index contributed by atoms with van der Waals surface area (Å²) in [6, 6.07) is 10.9. The standard InChI is InChI=1S/C24H27NO3/c1-14-15(2)17(4)20(18(5)16(14)3)13-19-11-12-23(28-19)24(26)25-21-9-7-8-10-22(21)27-6/h7-12H,13H2,1-6H3,(H,25,26). The maximum absolute atomic E-state index is 12.6. The van der Waals surface area contributed by atoms with Gasteiger partial charge in [-0.05, 0) is 92.3 Å². The van der Waals surface area contributed by atoms with Crippen LogP contribution in [-0.4, -0.2) is 13.0 Å². The average molecular weight is 377 g/mol. The number of benzene rings is 2. The van der Waals surface area contributed by atoms with Crippen LogP contribution >= 0.6 is 0 Å². The quantitative estimate of drug-likeness (QED) is 0.623. The first kappa shape index (κ1) is 19.7. The number of nitrogens with one attached hydrogen (secondary N) is 1. The van der Waals surface area contributed by atoms with Crippen LogP contribution in [0, 0.1) is 34.6 Å². The molecule has 0 atom stereocenters. The summed E-state index contributed by atoms with van der Waals surface area (Å²) in [5.74, 6) is 1.38. The molecule has 0 bridgehead atoms. The second-order valence-corrected chi connectivity index (χ2v) is 7.20. The largest absolute Gasteiger partial charge is 0.495 e. The van der Waals surface area contributed by atoms with Gasteiger partial charge in [0.25, 0.3) is 5.91 Å². The van der Waals surface area contributed by atoms with Gasteiger partial charge in [0, 0.05) is 6.42 Å². The molecule has 0 unspecified atom stereocenters. The Morgan fingerprint density at radius 2 is 1.50 bits per heavy atom. The molecule has 2 aromatic carbocycles. The molecule has 0 aliphatic rings. The van der Waals surface area contributed by atoms with E-state index in [1.807, 2.05) is 18.2 Å². The first-order valence-corrected chi connectivity index (χ1v) is 9.42. The molecule has 0 saturated heterocycles. The highest BCUT2D eigenvalue weighted by molar-refractivity contribution is 6.03.